The molecule has 0 aliphatic carbocycles. The molecule has 2 amide bonds. The molecule has 29 heavy (non-hydrogen) atoms. The molecule has 3 heterocycles. The van der Waals surface area contributed by atoms with Gasteiger partial charge in [0, 0.05) is 13.1 Å². The molecule has 1 N–H and O–H groups in total. The standard InChI is InChI=1S/C17H30N2O9S/c1-7-19(8-2)14(20)18-29(21,22)24-10-17-13(27-16(5,6)28-17)12-11(9-23-17)25-15(3,4)26-12/h11-13H,7-10H2,1-6H3,(H,18,20)/t11-,12-,13+,17+/m1/s1. The van der Waals surface area contributed by atoms with Crippen LogP contribution in [0.5, 0.6) is 0 Å². The van der Waals surface area contributed by atoms with Crippen molar-refractivity contribution in [2.75, 3.05) is 26.3 Å². The lowest BCUT2D eigenvalue weighted by atomic mass is 9.98. The van der Waals surface area contributed by atoms with Gasteiger partial charge in [0.05, 0.1) is 6.61 Å². The van der Waals surface area contributed by atoms with Crippen molar-refractivity contribution >= 4 is 16.3 Å². The smallest absolute Gasteiger partial charge is 0.343 e. The molecule has 3 aliphatic heterocycles. The number of fused-ring (bicyclic) bond motifs is 3. The highest BCUT2D eigenvalue weighted by Gasteiger charge is 2.65. The van der Waals surface area contributed by atoms with Gasteiger partial charge in [0.2, 0.25) is 5.79 Å². The zero-order chi connectivity index (χ0) is 21.7. The zero-order valence-corrected chi connectivity index (χ0v) is 18.4. The van der Waals surface area contributed by atoms with Crippen molar-refractivity contribution in [3.05, 3.63) is 0 Å². The summed E-state index contributed by atoms with van der Waals surface area (Å²) in [5.74, 6) is -3.43. The van der Waals surface area contributed by atoms with Gasteiger partial charge in [0.25, 0.3) is 0 Å². The summed E-state index contributed by atoms with van der Waals surface area (Å²) in [7, 11) is -4.40. The number of nitrogens with one attached hydrogen (secondary N) is 1. The second-order valence-electron chi connectivity index (χ2n) is 8.10. The lowest BCUT2D eigenvalue weighted by Gasteiger charge is -2.40. The quantitative estimate of drug-likeness (QED) is 0.638. The number of ether oxygens (including phenoxy) is 5. The summed E-state index contributed by atoms with van der Waals surface area (Å²) in [5.41, 5.74) is 0. The topological polar surface area (TPSA) is 122 Å². The zero-order valence-electron chi connectivity index (χ0n) is 17.6. The van der Waals surface area contributed by atoms with Gasteiger partial charge in [0.1, 0.15) is 24.9 Å². The third-order valence-electron chi connectivity index (χ3n) is 4.95. The fourth-order valence-corrected chi connectivity index (χ4v) is 4.54. The van der Waals surface area contributed by atoms with E-state index in [4.69, 9.17) is 27.9 Å². The largest absolute Gasteiger partial charge is 0.363 e. The van der Waals surface area contributed by atoms with Crippen molar-refractivity contribution in [2.24, 2.45) is 0 Å². The number of hydrogen-bond acceptors (Lipinski definition) is 9. The van der Waals surface area contributed by atoms with E-state index < -0.39 is 52.5 Å². The minimum absolute atomic E-state index is 0.110. The summed E-state index contributed by atoms with van der Waals surface area (Å²) in [6, 6.07) is -0.771. The van der Waals surface area contributed by atoms with Crippen LogP contribution in [0.3, 0.4) is 0 Å². The van der Waals surface area contributed by atoms with Gasteiger partial charge in [-0.1, -0.05) is 0 Å². The molecular formula is C17H30N2O9S. The normalized spacial score (nSPS) is 35.0. The summed E-state index contributed by atoms with van der Waals surface area (Å²) < 4.78 is 61.1. The third-order valence-corrected chi connectivity index (χ3v) is 5.81. The van der Waals surface area contributed by atoms with E-state index in [0.717, 1.165) is 0 Å². The van der Waals surface area contributed by atoms with Gasteiger partial charge >= 0.3 is 16.3 Å². The van der Waals surface area contributed by atoms with Gasteiger partial charge in [0.15, 0.2) is 11.6 Å². The molecule has 4 atom stereocenters. The lowest BCUT2D eigenvalue weighted by molar-refractivity contribution is -0.290. The van der Waals surface area contributed by atoms with Crippen LogP contribution in [0.1, 0.15) is 41.5 Å². The van der Waals surface area contributed by atoms with Crippen LogP contribution in [0.25, 0.3) is 0 Å². The Morgan fingerprint density at radius 3 is 2.38 bits per heavy atom. The van der Waals surface area contributed by atoms with Gasteiger partial charge in [-0.2, -0.15) is 8.42 Å². The first-order valence-corrected chi connectivity index (χ1v) is 11.1. The minimum Gasteiger partial charge on any atom is -0.343 e. The first-order chi connectivity index (χ1) is 13.3. The molecule has 3 fully saturated rings. The summed E-state index contributed by atoms with van der Waals surface area (Å²) in [6.07, 6.45) is -1.71. The highest BCUT2D eigenvalue weighted by Crippen LogP contribution is 2.47. The number of nitrogens with zero attached hydrogens (tertiary/aromatic N) is 1. The summed E-state index contributed by atoms with van der Waals surface area (Å²) in [5, 5.41) is 0. The number of rotatable bonds is 6. The van der Waals surface area contributed by atoms with Crippen LogP contribution >= 0.6 is 0 Å². The van der Waals surface area contributed by atoms with Crippen LogP contribution < -0.4 is 4.72 Å². The first-order valence-electron chi connectivity index (χ1n) is 9.65. The molecule has 0 bridgehead atoms. The van der Waals surface area contributed by atoms with E-state index in [9.17, 15) is 13.2 Å². The Morgan fingerprint density at radius 1 is 1.10 bits per heavy atom. The summed E-state index contributed by atoms with van der Waals surface area (Å²) >= 11 is 0. The van der Waals surface area contributed by atoms with Crippen molar-refractivity contribution in [1.82, 2.24) is 9.62 Å². The van der Waals surface area contributed by atoms with E-state index in [0.29, 0.717) is 13.1 Å². The molecule has 0 saturated carbocycles. The van der Waals surface area contributed by atoms with Gasteiger partial charge < -0.3 is 28.6 Å². The molecule has 0 spiro atoms. The van der Waals surface area contributed by atoms with Gasteiger partial charge in [-0.3, -0.25) is 0 Å². The predicted octanol–water partition coefficient (Wildman–Crippen LogP) is 0.697. The molecule has 11 nitrogen and oxygen atoms in total. The molecule has 0 unspecified atom stereocenters. The average molecular weight is 438 g/mol. The van der Waals surface area contributed by atoms with Gasteiger partial charge in [-0.05, 0) is 41.5 Å². The number of urea groups is 1. The molecular weight excluding hydrogens is 408 g/mol. The Labute approximate surface area is 171 Å². The average Bonchev–Trinajstić information content (AvgIpc) is 3.05. The molecule has 12 heteroatoms. The Kier molecular flexibility index (Phi) is 5.93. The lowest BCUT2D eigenvalue weighted by Crippen LogP contribution is -2.61. The van der Waals surface area contributed by atoms with Crippen LogP contribution in [0.4, 0.5) is 4.79 Å². The molecule has 0 aromatic carbocycles. The Hall–Kier alpha value is -1.02. The minimum atomic E-state index is -4.40. The maximum absolute atomic E-state index is 12.3. The number of carbonyl (C=O) groups is 1. The Balaban J connectivity index is 1.74. The molecule has 3 aliphatic rings. The second-order valence-corrected chi connectivity index (χ2v) is 9.45. The van der Waals surface area contributed by atoms with Crippen molar-refractivity contribution < 1.29 is 41.1 Å². The predicted molar refractivity (Wildman–Crippen MR) is 98.9 cm³/mol. The third kappa shape index (κ3) is 4.68. The van der Waals surface area contributed by atoms with E-state index in [1.54, 1.807) is 41.5 Å². The van der Waals surface area contributed by atoms with Crippen molar-refractivity contribution in [3.8, 4) is 0 Å². The van der Waals surface area contributed by atoms with Crippen LogP contribution in [-0.4, -0.2) is 81.3 Å². The Morgan fingerprint density at radius 2 is 1.76 bits per heavy atom. The van der Waals surface area contributed by atoms with Crippen molar-refractivity contribution in [1.29, 1.82) is 0 Å². The van der Waals surface area contributed by atoms with E-state index >= 15 is 0 Å². The highest BCUT2D eigenvalue weighted by molar-refractivity contribution is 7.85. The molecule has 3 saturated heterocycles. The van der Waals surface area contributed by atoms with Crippen LogP contribution in [0.2, 0.25) is 0 Å². The number of carbonyl (C=O) groups excluding carboxylic acids is 1. The van der Waals surface area contributed by atoms with E-state index in [-0.39, 0.29) is 12.7 Å². The molecule has 0 radical (unpaired) electrons. The van der Waals surface area contributed by atoms with Crippen LogP contribution in [0.15, 0.2) is 0 Å². The highest BCUT2D eigenvalue weighted by atomic mass is 32.2. The van der Waals surface area contributed by atoms with E-state index in [2.05, 4.69) is 0 Å². The Bertz CT molecular complexity index is 737. The van der Waals surface area contributed by atoms with Crippen molar-refractivity contribution in [2.45, 2.75) is 77.2 Å². The summed E-state index contributed by atoms with van der Waals surface area (Å²) in [4.78, 5) is 13.4. The van der Waals surface area contributed by atoms with Crippen LogP contribution in [0, 0.1) is 0 Å². The molecule has 0 aromatic rings. The maximum Gasteiger partial charge on any atom is 0.363 e. The molecule has 168 valence electrons. The van der Waals surface area contributed by atoms with E-state index in [1.807, 2.05) is 4.72 Å². The van der Waals surface area contributed by atoms with Gasteiger partial charge in [-0.15, -0.1) is 0 Å². The number of hydrogen-bond donors (Lipinski definition) is 1. The summed E-state index contributed by atoms with van der Waals surface area (Å²) in [6.45, 7) is 10.7. The molecule has 0 aromatic heterocycles. The van der Waals surface area contributed by atoms with Gasteiger partial charge in [-0.25, -0.2) is 13.7 Å². The number of amides is 2. The van der Waals surface area contributed by atoms with Crippen LogP contribution in [-0.2, 0) is 38.2 Å². The monoisotopic (exact) mass is 438 g/mol. The van der Waals surface area contributed by atoms with Crippen molar-refractivity contribution in [3.63, 3.8) is 0 Å². The SMILES string of the molecule is CCN(CC)C(=O)NS(=O)(=O)OC[C@@]12OC[C@H]3OC(C)(C)O[C@H]3[C@@H]1OC(C)(C)O2. The van der Waals surface area contributed by atoms with E-state index in [1.165, 1.54) is 4.90 Å². The first kappa shape index (κ1) is 22.7. The fourth-order valence-electron chi connectivity index (χ4n) is 3.82. The maximum atomic E-state index is 12.3. The molecule has 3 rings (SSSR count). The second kappa shape index (κ2) is 7.59. The fraction of sp³-hybridized carbons (Fsp3) is 0.941.